The Bertz CT molecular complexity index is 313. The molecule has 0 amide bonds. The molecule has 12 heavy (non-hydrogen) atoms. The molecule has 0 aliphatic heterocycles. The molecule has 1 atom stereocenters. The van der Waals surface area contributed by atoms with Gasteiger partial charge in [0.25, 0.3) is 0 Å². The van der Waals surface area contributed by atoms with Gasteiger partial charge in [-0.3, -0.25) is 0 Å². The molecule has 0 bridgehead atoms. The molecule has 0 radical (unpaired) electrons. The molecule has 2 rings (SSSR count). The van der Waals surface area contributed by atoms with Crippen LogP contribution in [0.25, 0.3) is 6.08 Å². The summed E-state index contributed by atoms with van der Waals surface area (Å²) in [5.41, 5.74) is 7.84. The summed E-state index contributed by atoms with van der Waals surface area (Å²) >= 11 is -0.610. The van der Waals surface area contributed by atoms with Crippen LogP contribution in [0.2, 0.25) is 11.4 Å². The third-order valence-electron chi connectivity index (χ3n) is 2.33. The third kappa shape index (κ3) is 1.25. The van der Waals surface area contributed by atoms with Crippen molar-refractivity contribution in [3.63, 3.8) is 0 Å². The molecule has 1 aliphatic carbocycles. The van der Waals surface area contributed by atoms with Crippen LogP contribution < -0.4 is 0 Å². The van der Waals surface area contributed by atoms with Gasteiger partial charge in [-0.25, -0.2) is 0 Å². The maximum atomic E-state index is 2.42. The Labute approximate surface area is 78.6 Å². The summed E-state index contributed by atoms with van der Waals surface area (Å²) in [6.07, 6.45) is 4.65. The van der Waals surface area contributed by atoms with Crippen molar-refractivity contribution in [1.29, 1.82) is 0 Å². The Morgan fingerprint density at radius 2 is 1.92 bits per heavy atom. The Morgan fingerprint density at radius 1 is 1.17 bits per heavy atom. The van der Waals surface area contributed by atoms with Gasteiger partial charge >= 0.3 is 78.3 Å². The molecular weight excluding hydrogens is 207 g/mol. The van der Waals surface area contributed by atoms with Crippen LogP contribution in [0.3, 0.4) is 0 Å². The molecule has 1 aliphatic rings. The zero-order valence-electron chi connectivity index (χ0n) is 7.49. The van der Waals surface area contributed by atoms with Gasteiger partial charge in [-0.2, -0.15) is 0 Å². The van der Waals surface area contributed by atoms with E-state index in [2.05, 4.69) is 47.8 Å². The van der Waals surface area contributed by atoms with Gasteiger partial charge in [0.1, 0.15) is 0 Å². The molecule has 0 fully saturated rings. The van der Waals surface area contributed by atoms with Crippen LogP contribution in [0.4, 0.5) is 0 Å². The first-order valence-corrected chi connectivity index (χ1v) is 9.06. The van der Waals surface area contributed by atoms with Crippen molar-refractivity contribution in [2.24, 2.45) is 0 Å². The van der Waals surface area contributed by atoms with E-state index in [0.29, 0.717) is 0 Å². The Balaban J connectivity index is 2.42. The Hall–Kier alpha value is -0.482. The fraction of sp³-hybridized carbons (Fsp3) is 0.273. The van der Waals surface area contributed by atoms with Crippen LogP contribution in [0.1, 0.15) is 15.8 Å². The van der Waals surface area contributed by atoms with Crippen LogP contribution in [-0.4, -0.2) is 14.7 Å². The van der Waals surface area contributed by atoms with E-state index in [0.717, 1.165) is 4.71 Å². The van der Waals surface area contributed by atoms with E-state index >= 15 is 0 Å². The fourth-order valence-electron chi connectivity index (χ4n) is 1.68. The molecule has 1 aromatic rings. The van der Waals surface area contributed by atoms with Gasteiger partial charge in [0.05, 0.1) is 0 Å². The quantitative estimate of drug-likeness (QED) is 0.638. The standard InChI is InChI=1S/C11H13As/c1-12(2)11-8-7-9-5-3-4-6-10(9)11/h3-8,11H,1-2H3. The first kappa shape index (κ1) is 8.13. The molecule has 1 heteroatoms. The van der Waals surface area contributed by atoms with Gasteiger partial charge in [0.2, 0.25) is 0 Å². The van der Waals surface area contributed by atoms with Gasteiger partial charge in [0.15, 0.2) is 0 Å². The van der Waals surface area contributed by atoms with Crippen molar-refractivity contribution in [3.8, 4) is 0 Å². The fourth-order valence-corrected chi connectivity index (χ4v) is 4.24. The van der Waals surface area contributed by atoms with Gasteiger partial charge < -0.3 is 0 Å². The summed E-state index contributed by atoms with van der Waals surface area (Å²) in [7, 11) is 0. The van der Waals surface area contributed by atoms with E-state index in [9.17, 15) is 0 Å². The second-order valence-corrected chi connectivity index (χ2v) is 8.61. The second-order valence-electron chi connectivity index (χ2n) is 3.40. The van der Waals surface area contributed by atoms with E-state index in [1.54, 1.807) is 5.56 Å². The van der Waals surface area contributed by atoms with Gasteiger partial charge in [-0.15, -0.1) is 0 Å². The molecule has 62 valence electrons. The number of fused-ring (bicyclic) bond motifs is 1. The molecular formula is C11H13As. The maximum absolute atomic E-state index is 2.42. The molecule has 1 unspecified atom stereocenters. The van der Waals surface area contributed by atoms with Crippen LogP contribution in [-0.2, 0) is 0 Å². The van der Waals surface area contributed by atoms with Gasteiger partial charge in [-0.1, -0.05) is 0 Å². The zero-order chi connectivity index (χ0) is 8.55. The average Bonchev–Trinajstić information content (AvgIpc) is 2.47. The van der Waals surface area contributed by atoms with E-state index < -0.39 is 14.7 Å². The van der Waals surface area contributed by atoms with Gasteiger partial charge in [-0.05, 0) is 0 Å². The minimum atomic E-state index is -0.610. The first-order chi connectivity index (χ1) is 5.79. The van der Waals surface area contributed by atoms with Crippen LogP contribution >= 0.6 is 0 Å². The third-order valence-corrected chi connectivity index (χ3v) is 5.61. The summed E-state index contributed by atoms with van der Waals surface area (Å²) in [5.74, 6) is 0. The van der Waals surface area contributed by atoms with Crippen molar-refractivity contribution in [3.05, 3.63) is 41.5 Å². The summed E-state index contributed by atoms with van der Waals surface area (Å²) in [4.78, 5) is 0. The minimum absolute atomic E-state index is 0.610. The van der Waals surface area contributed by atoms with Crippen molar-refractivity contribution in [2.45, 2.75) is 16.1 Å². The Morgan fingerprint density at radius 3 is 2.67 bits per heavy atom. The van der Waals surface area contributed by atoms with E-state index in [1.165, 1.54) is 5.56 Å². The predicted octanol–water partition coefficient (Wildman–Crippen LogP) is 3.09. The zero-order valence-corrected chi connectivity index (χ0v) is 9.37. The summed E-state index contributed by atoms with van der Waals surface area (Å²) in [6, 6.07) is 8.75. The van der Waals surface area contributed by atoms with E-state index in [-0.39, 0.29) is 0 Å². The van der Waals surface area contributed by atoms with Gasteiger partial charge in [0, 0.05) is 0 Å². The van der Waals surface area contributed by atoms with Crippen molar-refractivity contribution >= 4 is 20.7 Å². The average molecular weight is 220 g/mol. The number of benzene rings is 1. The summed E-state index contributed by atoms with van der Waals surface area (Å²) in [6.45, 7) is 0. The monoisotopic (exact) mass is 220 g/mol. The molecule has 1 aromatic carbocycles. The number of hydrogen-bond donors (Lipinski definition) is 0. The molecule has 0 aromatic heterocycles. The first-order valence-electron chi connectivity index (χ1n) is 4.22. The second kappa shape index (κ2) is 3.11. The van der Waals surface area contributed by atoms with Crippen LogP contribution in [0.5, 0.6) is 0 Å². The normalized spacial score (nSPS) is 20.1. The predicted molar refractivity (Wildman–Crippen MR) is 55.7 cm³/mol. The molecule has 0 N–H and O–H groups in total. The molecule has 0 saturated carbocycles. The topological polar surface area (TPSA) is 0 Å². The van der Waals surface area contributed by atoms with E-state index in [4.69, 9.17) is 0 Å². The summed E-state index contributed by atoms with van der Waals surface area (Å²) < 4.78 is 0.786. The van der Waals surface area contributed by atoms with Crippen molar-refractivity contribution in [1.82, 2.24) is 0 Å². The van der Waals surface area contributed by atoms with Crippen LogP contribution in [0, 0.1) is 0 Å². The molecule has 0 spiro atoms. The van der Waals surface area contributed by atoms with Crippen molar-refractivity contribution < 1.29 is 0 Å². The number of allylic oxidation sites excluding steroid dienone is 1. The van der Waals surface area contributed by atoms with Crippen LogP contribution in [0.15, 0.2) is 30.3 Å². The molecule has 0 heterocycles. The molecule has 0 saturated heterocycles. The van der Waals surface area contributed by atoms with E-state index in [1.807, 2.05) is 0 Å². The van der Waals surface area contributed by atoms with Crippen molar-refractivity contribution in [2.75, 3.05) is 0 Å². The Kier molecular flexibility index (Phi) is 2.10. The SMILES string of the molecule is C[As](C)C1C=Cc2ccccc21. The number of hydrogen-bond acceptors (Lipinski definition) is 0. The molecule has 0 nitrogen and oxygen atoms in total. The summed E-state index contributed by atoms with van der Waals surface area (Å²) in [5, 5.41) is 0. The number of rotatable bonds is 1.